The van der Waals surface area contributed by atoms with Crippen LogP contribution in [0.5, 0.6) is 0 Å². The van der Waals surface area contributed by atoms with Crippen LogP contribution in [-0.4, -0.2) is 35.0 Å². The molecule has 1 saturated heterocycles. The first-order valence-corrected chi connectivity index (χ1v) is 9.63. The summed E-state index contributed by atoms with van der Waals surface area (Å²) in [6, 6.07) is 8.18. The van der Waals surface area contributed by atoms with E-state index in [9.17, 15) is 14.0 Å². The summed E-state index contributed by atoms with van der Waals surface area (Å²) in [6.07, 6.45) is 2.65. The fourth-order valence-electron chi connectivity index (χ4n) is 3.47. The number of thiophene rings is 1. The molecule has 3 rings (SSSR count). The number of benzene rings is 1. The molecule has 0 bridgehead atoms. The molecule has 2 aromatic rings. The summed E-state index contributed by atoms with van der Waals surface area (Å²) in [5.74, 6) is -0.808. The van der Waals surface area contributed by atoms with Gasteiger partial charge >= 0.3 is 5.97 Å². The molecule has 0 radical (unpaired) electrons. The minimum absolute atomic E-state index is 0.00601. The summed E-state index contributed by atoms with van der Waals surface area (Å²) in [5.41, 5.74) is 1.86. The van der Waals surface area contributed by atoms with E-state index in [2.05, 4.69) is 0 Å². The molecule has 138 valence electrons. The maximum atomic E-state index is 13.1. The number of piperidine rings is 1. The predicted molar refractivity (Wildman–Crippen MR) is 99.9 cm³/mol. The lowest BCUT2D eigenvalue weighted by Gasteiger charge is -2.32. The Hall–Kier alpha value is -2.21. The Morgan fingerprint density at radius 2 is 2.04 bits per heavy atom. The number of aryl methyl sites for hydroxylation is 1. The second-order valence-electron chi connectivity index (χ2n) is 6.78. The van der Waals surface area contributed by atoms with E-state index in [4.69, 9.17) is 5.11 Å². The predicted octanol–water partition coefficient (Wildman–Crippen LogP) is 4.58. The Labute approximate surface area is 156 Å². The van der Waals surface area contributed by atoms with E-state index in [1.807, 2.05) is 17.9 Å². The highest BCUT2D eigenvalue weighted by molar-refractivity contribution is 7.14. The molecule has 1 aromatic heterocycles. The standard InChI is InChI=1S/C20H22FNO3S/c1-13-17(15-5-7-16(21)8-6-15)11-18(26-13)20(25)22-10-2-3-14(12-22)4-9-19(23)24/h5-8,11,14H,2-4,9-10,12H2,1H3,(H,23,24). The van der Waals surface area contributed by atoms with Crippen molar-refractivity contribution < 1.29 is 19.1 Å². The fourth-order valence-corrected chi connectivity index (χ4v) is 4.48. The molecule has 0 spiro atoms. The van der Waals surface area contributed by atoms with Crippen molar-refractivity contribution in [3.63, 3.8) is 0 Å². The summed E-state index contributed by atoms with van der Waals surface area (Å²) in [6.45, 7) is 3.30. The number of hydrogen-bond acceptors (Lipinski definition) is 3. The van der Waals surface area contributed by atoms with E-state index in [1.165, 1.54) is 23.5 Å². The van der Waals surface area contributed by atoms with Crippen LogP contribution in [0.2, 0.25) is 0 Å². The minimum Gasteiger partial charge on any atom is -0.481 e. The molecule has 1 unspecified atom stereocenters. The van der Waals surface area contributed by atoms with Crippen molar-refractivity contribution >= 4 is 23.2 Å². The molecule has 6 heteroatoms. The Morgan fingerprint density at radius 1 is 1.31 bits per heavy atom. The van der Waals surface area contributed by atoms with Crippen molar-refractivity contribution in [3.05, 3.63) is 45.9 Å². The normalized spacial score (nSPS) is 17.3. The molecule has 2 heterocycles. The fraction of sp³-hybridized carbons (Fsp3) is 0.400. The van der Waals surface area contributed by atoms with Gasteiger partial charge in [-0.1, -0.05) is 12.1 Å². The van der Waals surface area contributed by atoms with E-state index < -0.39 is 5.97 Å². The SMILES string of the molecule is Cc1sc(C(=O)N2CCCC(CCC(=O)O)C2)cc1-c1ccc(F)cc1. The van der Waals surface area contributed by atoms with Crippen LogP contribution in [0.25, 0.3) is 11.1 Å². The Balaban J connectivity index is 1.72. The summed E-state index contributed by atoms with van der Waals surface area (Å²) < 4.78 is 13.1. The Morgan fingerprint density at radius 3 is 2.73 bits per heavy atom. The zero-order chi connectivity index (χ0) is 18.7. The minimum atomic E-state index is -0.786. The monoisotopic (exact) mass is 375 g/mol. The zero-order valence-electron chi connectivity index (χ0n) is 14.7. The molecule has 26 heavy (non-hydrogen) atoms. The van der Waals surface area contributed by atoms with Crippen molar-refractivity contribution in [3.8, 4) is 11.1 Å². The molecule has 0 aliphatic carbocycles. The van der Waals surface area contributed by atoms with Crippen molar-refractivity contribution in [2.75, 3.05) is 13.1 Å². The Bertz CT molecular complexity index is 800. The Kier molecular flexibility index (Phi) is 5.71. The van der Waals surface area contributed by atoms with Crippen LogP contribution in [0.4, 0.5) is 4.39 Å². The average molecular weight is 375 g/mol. The van der Waals surface area contributed by atoms with Gasteiger partial charge in [-0.25, -0.2) is 4.39 Å². The largest absolute Gasteiger partial charge is 0.481 e. The van der Waals surface area contributed by atoms with E-state index in [0.717, 1.165) is 28.8 Å². The van der Waals surface area contributed by atoms with Gasteiger partial charge in [0, 0.05) is 24.4 Å². The van der Waals surface area contributed by atoms with Gasteiger partial charge < -0.3 is 10.0 Å². The first-order valence-electron chi connectivity index (χ1n) is 8.81. The molecule has 1 N–H and O–H groups in total. The molecule has 4 nitrogen and oxygen atoms in total. The number of carbonyl (C=O) groups is 2. The molecular formula is C20H22FNO3S. The van der Waals surface area contributed by atoms with Crippen LogP contribution in [-0.2, 0) is 4.79 Å². The molecule has 0 saturated carbocycles. The second-order valence-corrected chi connectivity index (χ2v) is 8.04. The van der Waals surface area contributed by atoms with Crippen LogP contribution in [0, 0.1) is 18.7 Å². The number of likely N-dealkylation sites (tertiary alicyclic amines) is 1. The number of carboxylic acids is 1. The average Bonchev–Trinajstić information content (AvgIpc) is 3.02. The van der Waals surface area contributed by atoms with E-state index >= 15 is 0 Å². The van der Waals surface area contributed by atoms with Gasteiger partial charge in [0.05, 0.1) is 4.88 Å². The van der Waals surface area contributed by atoms with Crippen LogP contribution >= 0.6 is 11.3 Å². The van der Waals surface area contributed by atoms with Crippen molar-refractivity contribution in [2.45, 2.75) is 32.6 Å². The maximum Gasteiger partial charge on any atom is 0.303 e. The van der Waals surface area contributed by atoms with Gasteiger partial charge in [-0.15, -0.1) is 11.3 Å². The van der Waals surface area contributed by atoms with Crippen LogP contribution in [0.15, 0.2) is 30.3 Å². The first-order chi connectivity index (χ1) is 12.4. The number of carboxylic acid groups (broad SMARTS) is 1. The van der Waals surface area contributed by atoms with E-state index in [-0.39, 0.29) is 24.1 Å². The number of carbonyl (C=O) groups excluding carboxylic acids is 1. The topological polar surface area (TPSA) is 57.6 Å². The van der Waals surface area contributed by atoms with Crippen LogP contribution in [0.3, 0.4) is 0 Å². The summed E-state index contributed by atoms with van der Waals surface area (Å²) in [5, 5.41) is 8.85. The molecule has 1 atom stereocenters. The van der Waals surface area contributed by atoms with Crippen LogP contribution in [0.1, 0.15) is 40.2 Å². The van der Waals surface area contributed by atoms with Gasteiger partial charge in [-0.2, -0.15) is 0 Å². The number of amides is 1. The molecule has 1 aromatic carbocycles. The van der Waals surface area contributed by atoms with Crippen LogP contribution < -0.4 is 0 Å². The van der Waals surface area contributed by atoms with Gasteiger partial charge in [0.25, 0.3) is 5.91 Å². The lowest BCUT2D eigenvalue weighted by atomic mass is 9.93. The second kappa shape index (κ2) is 7.99. The van der Waals surface area contributed by atoms with Gasteiger partial charge in [0.2, 0.25) is 0 Å². The number of halogens is 1. The van der Waals surface area contributed by atoms with Crippen molar-refractivity contribution in [2.24, 2.45) is 5.92 Å². The van der Waals surface area contributed by atoms with Gasteiger partial charge in [0.15, 0.2) is 0 Å². The third kappa shape index (κ3) is 4.30. The summed E-state index contributed by atoms with van der Waals surface area (Å²) >= 11 is 1.46. The van der Waals surface area contributed by atoms with Crippen molar-refractivity contribution in [1.29, 1.82) is 0 Å². The maximum absolute atomic E-state index is 13.1. The van der Waals surface area contributed by atoms with Gasteiger partial charge in [-0.05, 0) is 61.4 Å². The molecule has 1 amide bonds. The smallest absolute Gasteiger partial charge is 0.303 e. The zero-order valence-corrected chi connectivity index (χ0v) is 15.5. The first kappa shape index (κ1) is 18.6. The lowest BCUT2D eigenvalue weighted by Crippen LogP contribution is -2.39. The van der Waals surface area contributed by atoms with Gasteiger partial charge in [0.1, 0.15) is 5.82 Å². The molecule has 1 aliphatic heterocycles. The third-order valence-corrected chi connectivity index (χ3v) is 5.89. The number of hydrogen-bond donors (Lipinski definition) is 1. The summed E-state index contributed by atoms with van der Waals surface area (Å²) in [4.78, 5) is 27.2. The molecule has 1 fully saturated rings. The lowest BCUT2D eigenvalue weighted by molar-refractivity contribution is -0.137. The van der Waals surface area contributed by atoms with Crippen molar-refractivity contribution in [1.82, 2.24) is 4.90 Å². The highest BCUT2D eigenvalue weighted by Gasteiger charge is 2.26. The van der Waals surface area contributed by atoms with Gasteiger partial charge in [-0.3, -0.25) is 9.59 Å². The number of rotatable bonds is 5. The molecular weight excluding hydrogens is 353 g/mol. The highest BCUT2D eigenvalue weighted by Crippen LogP contribution is 2.32. The van der Waals surface area contributed by atoms with E-state index in [0.29, 0.717) is 24.4 Å². The summed E-state index contributed by atoms with van der Waals surface area (Å²) in [7, 11) is 0. The molecule has 1 aliphatic rings. The number of nitrogens with zero attached hydrogens (tertiary/aromatic N) is 1. The quantitative estimate of drug-likeness (QED) is 0.832. The highest BCUT2D eigenvalue weighted by atomic mass is 32.1. The number of aliphatic carboxylic acids is 1. The van der Waals surface area contributed by atoms with E-state index in [1.54, 1.807) is 12.1 Å². The third-order valence-electron chi connectivity index (χ3n) is 4.86.